The quantitative estimate of drug-likeness (QED) is 0.898. The molecule has 0 aliphatic carbocycles. The van der Waals surface area contributed by atoms with Crippen LogP contribution in [0, 0.1) is 5.92 Å². The molecule has 1 aromatic carbocycles. The van der Waals surface area contributed by atoms with Gasteiger partial charge < -0.3 is 20.1 Å². The standard InChI is InChI=1S/C17H26N2O3/c1-12(2)22-16-9-5-4-8-14(16)18-17(21)19-10-6-7-13(3)15(19)11-20/h4-5,8-9,12-13,15,20H,6-7,10-11H2,1-3H3,(H,18,21). The van der Waals surface area contributed by atoms with Crippen LogP contribution < -0.4 is 10.1 Å². The average molecular weight is 306 g/mol. The third-order valence-corrected chi connectivity index (χ3v) is 4.05. The molecule has 22 heavy (non-hydrogen) atoms. The molecule has 0 spiro atoms. The van der Waals surface area contributed by atoms with Gasteiger partial charge in [-0.05, 0) is 44.7 Å². The molecule has 2 atom stereocenters. The van der Waals surface area contributed by atoms with Crippen LogP contribution in [0.3, 0.4) is 0 Å². The van der Waals surface area contributed by atoms with Crippen molar-refractivity contribution in [3.8, 4) is 5.75 Å². The first-order valence-electron chi connectivity index (χ1n) is 7.97. The topological polar surface area (TPSA) is 61.8 Å². The molecule has 2 unspecified atom stereocenters. The van der Waals surface area contributed by atoms with E-state index in [0.717, 1.165) is 12.8 Å². The summed E-state index contributed by atoms with van der Waals surface area (Å²) in [6.45, 7) is 6.66. The Balaban J connectivity index is 2.11. The highest BCUT2D eigenvalue weighted by Crippen LogP contribution is 2.27. The molecular weight excluding hydrogens is 280 g/mol. The van der Waals surface area contributed by atoms with Crippen LogP contribution in [0.25, 0.3) is 0 Å². The predicted molar refractivity (Wildman–Crippen MR) is 87.2 cm³/mol. The van der Waals surface area contributed by atoms with E-state index in [1.807, 2.05) is 38.1 Å². The molecule has 122 valence electrons. The summed E-state index contributed by atoms with van der Waals surface area (Å²) in [6, 6.07) is 7.13. The third kappa shape index (κ3) is 3.91. The van der Waals surface area contributed by atoms with E-state index in [4.69, 9.17) is 4.74 Å². The van der Waals surface area contributed by atoms with Crippen LogP contribution in [0.5, 0.6) is 5.75 Å². The molecule has 0 bridgehead atoms. The van der Waals surface area contributed by atoms with Crippen molar-refractivity contribution in [2.45, 2.75) is 45.8 Å². The zero-order valence-corrected chi connectivity index (χ0v) is 13.6. The predicted octanol–water partition coefficient (Wildman–Crippen LogP) is 3.10. The lowest BCUT2D eigenvalue weighted by Gasteiger charge is -2.39. The normalized spacial score (nSPS) is 21.8. The monoisotopic (exact) mass is 306 g/mol. The van der Waals surface area contributed by atoms with Crippen molar-refractivity contribution in [3.63, 3.8) is 0 Å². The van der Waals surface area contributed by atoms with Crippen LogP contribution in [-0.4, -0.2) is 41.3 Å². The Hall–Kier alpha value is -1.75. The number of anilines is 1. The van der Waals surface area contributed by atoms with Gasteiger partial charge in [0, 0.05) is 6.54 Å². The fraction of sp³-hybridized carbons (Fsp3) is 0.588. The summed E-state index contributed by atoms with van der Waals surface area (Å²) in [5.74, 6) is 0.975. The number of nitrogens with one attached hydrogen (secondary N) is 1. The number of likely N-dealkylation sites (tertiary alicyclic amines) is 1. The van der Waals surface area contributed by atoms with Gasteiger partial charge in [-0.3, -0.25) is 0 Å². The number of carbonyl (C=O) groups excluding carboxylic acids is 1. The SMILES string of the molecule is CC(C)Oc1ccccc1NC(=O)N1CCCC(C)C1CO. The van der Waals surface area contributed by atoms with Gasteiger partial charge in [0.15, 0.2) is 0 Å². The number of urea groups is 1. The van der Waals surface area contributed by atoms with E-state index in [1.165, 1.54) is 0 Å². The van der Waals surface area contributed by atoms with E-state index >= 15 is 0 Å². The Morgan fingerprint density at radius 1 is 1.45 bits per heavy atom. The summed E-state index contributed by atoms with van der Waals surface area (Å²) in [4.78, 5) is 14.3. The molecule has 2 amide bonds. The average Bonchev–Trinajstić information content (AvgIpc) is 2.48. The highest BCUT2D eigenvalue weighted by molar-refractivity contribution is 5.91. The van der Waals surface area contributed by atoms with Crippen LogP contribution in [0.15, 0.2) is 24.3 Å². The number of nitrogens with zero attached hydrogens (tertiary/aromatic N) is 1. The number of carbonyl (C=O) groups is 1. The van der Waals surface area contributed by atoms with Crippen LogP contribution in [0.2, 0.25) is 0 Å². The van der Waals surface area contributed by atoms with Crippen molar-refractivity contribution in [2.75, 3.05) is 18.5 Å². The fourth-order valence-electron chi connectivity index (χ4n) is 2.89. The number of aliphatic hydroxyl groups is 1. The maximum atomic E-state index is 12.6. The van der Waals surface area contributed by atoms with Crippen LogP contribution in [0.1, 0.15) is 33.6 Å². The van der Waals surface area contributed by atoms with Gasteiger partial charge in [0.25, 0.3) is 0 Å². The number of ether oxygens (including phenoxy) is 1. The van der Waals surface area contributed by atoms with E-state index in [2.05, 4.69) is 12.2 Å². The number of aliphatic hydroxyl groups excluding tert-OH is 1. The third-order valence-electron chi connectivity index (χ3n) is 4.05. The number of hydrogen-bond donors (Lipinski definition) is 2. The first-order chi connectivity index (χ1) is 10.5. The molecule has 5 heteroatoms. The molecule has 1 aromatic rings. The fourth-order valence-corrected chi connectivity index (χ4v) is 2.89. The number of piperidine rings is 1. The molecule has 2 N–H and O–H groups in total. The zero-order valence-electron chi connectivity index (χ0n) is 13.6. The molecule has 5 nitrogen and oxygen atoms in total. The van der Waals surface area contributed by atoms with Gasteiger partial charge in [-0.1, -0.05) is 19.1 Å². The summed E-state index contributed by atoms with van der Waals surface area (Å²) in [5, 5.41) is 12.5. The highest BCUT2D eigenvalue weighted by atomic mass is 16.5. The minimum absolute atomic E-state index is 0.00126. The minimum atomic E-state index is -0.176. The van der Waals surface area contributed by atoms with Crippen molar-refractivity contribution in [2.24, 2.45) is 5.92 Å². The molecule has 0 radical (unpaired) electrons. The van der Waals surface area contributed by atoms with Crippen LogP contribution >= 0.6 is 0 Å². The van der Waals surface area contributed by atoms with Crippen LogP contribution in [0.4, 0.5) is 10.5 Å². The maximum Gasteiger partial charge on any atom is 0.322 e. The number of benzene rings is 1. The zero-order chi connectivity index (χ0) is 16.1. The smallest absolute Gasteiger partial charge is 0.322 e. The second kappa shape index (κ2) is 7.49. The molecule has 2 rings (SSSR count). The second-order valence-electron chi connectivity index (χ2n) is 6.16. The summed E-state index contributed by atoms with van der Waals surface area (Å²) >= 11 is 0. The summed E-state index contributed by atoms with van der Waals surface area (Å²) in [6.07, 6.45) is 2.05. The van der Waals surface area contributed by atoms with Crippen molar-refractivity contribution in [1.82, 2.24) is 4.90 Å². The Morgan fingerprint density at radius 3 is 2.86 bits per heavy atom. The highest BCUT2D eigenvalue weighted by Gasteiger charge is 2.31. The number of para-hydroxylation sites is 2. The summed E-state index contributed by atoms with van der Waals surface area (Å²) in [5.41, 5.74) is 0.663. The molecule has 1 fully saturated rings. The molecule has 0 aromatic heterocycles. The second-order valence-corrected chi connectivity index (χ2v) is 6.16. The molecule has 1 aliphatic heterocycles. The van der Waals surface area contributed by atoms with Crippen molar-refractivity contribution < 1.29 is 14.6 Å². The van der Waals surface area contributed by atoms with Gasteiger partial charge >= 0.3 is 6.03 Å². The van der Waals surface area contributed by atoms with Crippen molar-refractivity contribution in [3.05, 3.63) is 24.3 Å². The van der Waals surface area contributed by atoms with Gasteiger partial charge in [-0.25, -0.2) is 4.79 Å². The van der Waals surface area contributed by atoms with Gasteiger partial charge in [-0.2, -0.15) is 0 Å². The Kier molecular flexibility index (Phi) is 5.66. The molecule has 1 saturated heterocycles. The molecule has 1 heterocycles. The number of hydrogen-bond acceptors (Lipinski definition) is 3. The van der Waals surface area contributed by atoms with Crippen molar-refractivity contribution >= 4 is 11.7 Å². The number of amides is 2. The lowest BCUT2D eigenvalue weighted by Crippen LogP contribution is -2.51. The first kappa shape index (κ1) is 16.6. The Morgan fingerprint density at radius 2 is 2.18 bits per heavy atom. The lowest BCUT2D eigenvalue weighted by atomic mass is 9.91. The molecule has 0 saturated carbocycles. The molecular formula is C17H26N2O3. The van der Waals surface area contributed by atoms with Gasteiger partial charge in [0.05, 0.1) is 24.4 Å². The van der Waals surface area contributed by atoms with Crippen LogP contribution in [-0.2, 0) is 0 Å². The summed E-state index contributed by atoms with van der Waals surface area (Å²) < 4.78 is 5.73. The van der Waals surface area contributed by atoms with E-state index in [1.54, 1.807) is 4.90 Å². The van der Waals surface area contributed by atoms with E-state index in [0.29, 0.717) is 23.9 Å². The van der Waals surface area contributed by atoms with Gasteiger partial charge in [0.1, 0.15) is 5.75 Å². The number of rotatable bonds is 4. The van der Waals surface area contributed by atoms with E-state index in [-0.39, 0.29) is 24.8 Å². The largest absolute Gasteiger partial charge is 0.489 e. The van der Waals surface area contributed by atoms with E-state index in [9.17, 15) is 9.90 Å². The Bertz CT molecular complexity index is 504. The lowest BCUT2D eigenvalue weighted by molar-refractivity contribution is 0.0811. The maximum absolute atomic E-state index is 12.6. The van der Waals surface area contributed by atoms with Gasteiger partial charge in [-0.15, -0.1) is 0 Å². The minimum Gasteiger partial charge on any atom is -0.489 e. The van der Waals surface area contributed by atoms with E-state index < -0.39 is 0 Å². The first-order valence-corrected chi connectivity index (χ1v) is 7.97. The molecule has 1 aliphatic rings. The summed E-state index contributed by atoms with van der Waals surface area (Å²) in [7, 11) is 0. The van der Waals surface area contributed by atoms with Gasteiger partial charge in [0.2, 0.25) is 0 Å². The van der Waals surface area contributed by atoms with Crippen molar-refractivity contribution in [1.29, 1.82) is 0 Å². The Labute approximate surface area is 132 Å².